The number of nitro benzene ring substituents is 1. The third-order valence-electron chi connectivity index (χ3n) is 7.29. The van der Waals surface area contributed by atoms with E-state index in [0.717, 1.165) is 42.8 Å². The fourth-order valence-corrected chi connectivity index (χ4v) is 6.22. The maximum atomic E-state index is 13.2. The smallest absolute Gasteiger partial charge is 0.348 e. The Morgan fingerprint density at radius 3 is 2.36 bits per heavy atom. The number of aromatic nitrogens is 1. The van der Waals surface area contributed by atoms with E-state index >= 15 is 0 Å². The van der Waals surface area contributed by atoms with Gasteiger partial charge in [-0.05, 0) is 48.9 Å². The summed E-state index contributed by atoms with van der Waals surface area (Å²) in [6, 6.07) is 7.75. The van der Waals surface area contributed by atoms with E-state index in [1.807, 2.05) is 4.90 Å². The summed E-state index contributed by atoms with van der Waals surface area (Å²) < 4.78 is 52.7. The van der Waals surface area contributed by atoms with Crippen molar-refractivity contribution in [1.82, 2.24) is 9.88 Å². The van der Waals surface area contributed by atoms with Crippen LogP contribution in [-0.4, -0.2) is 41.0 Å². The number of rotatable bonds is 4. The van der Waals surface area contributed by atoms with Gasteiger partial charge in [0.25, 0.3) is 11.2 Å². The molecule has 0 saturated carbocycles. The first-order chi connectivity index (χ1) is 17.0. The number of anilines is 1. The van der Waals surface area contributed by atoms with Gasteiger partial charge in [0.1, 0.15) is 10.5 Å². The highest BCUT2D eigenvalue weighted by atomic mass is 32.1. The Morgan fingerprint density at radius 1 is 1.14 bits per heavy atom. The van der Waals surface area contributed by atoms with Crippen LogP contribution >= 0.6 is 11.3 Å². The van der Waals surface area contributed by atoms with E-state index in [1.54, 1.807) is 12.1 Å². The van der Waals surface area contributed by atoms with Gasteiger partial charge in [0.15, 0.2) is 5.13 Å². The highest BCUT2D eigenvalue weighted by molar-refractivity contribution is 7.22. The number of alkyl halides is 3. The van der Waals surface area contributed by atoms with Crippen LogP contribution in [-0.2, 0) is 6.18 Å². The lowest BCUT2D eigenvalue weighted by Crippen LogP contribution is -2.60. The molecule has 0 N–H and O–H groups in total. The molecule has 1 unspecified atom stereocenters. The molecular weight excluding hydrogens is 500 g/mol. The normalized spacial score (nSPS) is 18.9. The van der Waals surface area contributed by atoms with Crippen molar-refractivity contribution in [2.24, 2.45) is 5.41 Å². The predicted octanol–water partition coefficient (Wildman–Crippen LogP) is 5.39. The van der Waals surface area contributed by atoms with Crippen LogP contribution in [0.15, 0.2) is 41.2 Å². The van der Waals surface area contributed by atoms with Gasteiger partial charge in [-0.1, -0.05) is 23.5 Å². The maximum Gasteiger partial charge on any atom is 0.416 e. The largest absolute Gasteiger partial charge is 0.416 e. The second kappa shape index (κ2) is 8.77. The number of halogens is 4. The van der Waals surface area contributed by atoms with Crippen molar-refractivity contribution in [3.8, 4) is 0 Å². The lowest BCUT2D eigenvalue weighted by Gasteiger charge is -2.56. The third-order valence-corrected chi connectivity index (χ3v) is 8.45. The monoisotopic (exact) mass is 522 g/mol. The molecule has 2 aliphatic heterocycles. The molecule has 36 heavy (non-hydrogen) atoms. The van der Waals surface area contributed by atoms with E-state index in [2.05, 4.69) is 16.8 Å². The van der Waals surface area contributed by atoms with E-state index in [1.165, 1.54) is 12.1 Å². The van der Waals surface area contributed by atoms with E-state index in [4.69, 9.17) is 0 Å². The zero-order valence-corrected chi connectivity index (χ0v) is 20.0. The summed E-state index contributed by atoms with van der Waals surface area (Å²) in [5, 5.41) is 11.4. The first kappa shape index (κ1) is 24.6. The summed E-state index contributed by atoms with van der Waals surface area (Å²) in [4.78, 5) is 31.4. The SMILES string of the molecule is CC(c1ccc(F)cc1)N1CC2(CCN(c3nc(=O)c4cc(C(F)(F)F)cc([N+](=O)[O-])c4s3)CC2)C1. The Kier molecular flexibility index (Phi) is 5.98. The highest BCUT2D eigenvalue weighted by Gasteiger charge is 2.46. The molecule has 7 nitrogen and oxygen atoms in total. The fraction of sp³-hybridized carbons (Fsp3) is 0.417. The Morgan fingerprint density at radius 2 is 1.78 bits per heavy atom. The predicted molar refractivity (Wildman–Crippen MR) is 128 cm³/mol. The number of non-ortho nitro benzene ring substituents is 1. The van der Waals surface area contributed by atoms with Gasteiger partial charge in [-0.3, -0.25) is 19.8 Å². The standard InChI is InChI=1S/C24H22F4N4O3S/c1-14(15-2-4-17(25)5-3-15)31-12-23(13-31)6-8-30(9-7-23)22-29-21(33)18-10-16(24(26,27)28)11-19(32(34)35)20(18)36-22/h2-5,10-11,14H,6-9,12-13H2,1H3. The average molecular weight is 523 g/mol. The first-order valence-corrected chi connectivity index (χ1v) is 12.2. The van der Waals surface area contributed by atoms with Crippen molar-refractivity contribution in [3.05, 3.63) is 73.8 Å². The molecule has 1 spiro atoms. The van der Waals surface area contributed by atoms with E-state index in [0.29, 0.717) is 25.2 Å². The summed E-state index contributed by atoms with van der Waals surface area (Å²) in [6.07, 6.45) is -3.16. The van der Waals surface area contributed by atoms with Crippen LogP contribution < -0.4 is 10.5 Å². The molecule has 190 valence electrons. The van der Waals surface area contributed by atoms with Crippen LogP contribution in [0.25, 0.3) is 10.1 Å². The first-order valence-electron chi connectivity index (χ1n) is 11.4. The van der Waals surface area contributed by atoms with Crippen molar-refractivity contribution in [3.63, 3.8) is 0 Å². The van der Waals surface area contributed by atoms with Crippen molar-refractivity contribution < 1.29 is 22.5 Å². The van der Waals surface area contributed by atoms with Gasteiger partial charge >= 0.3 is 6.18 Å². The molecule has 12 heteroatoms. The van der Waals surface area contributed by atoms with E-state index in [9.17, 15) is 32.5 Å². The van der Waals surface area contributed by atoms with Gasteiger partial charge in [-0.2, -0.15) is 18.2 Å². The number of likely N-dealkylation sites (tertiary alicyclic amines) is 1. The number of benzene rings is 2. The zero-order chi connectivity index (χ0) is 25.8. The van der Waals surface area contributed by atoms with Crippen LogP contribution in [0.3, 0.4) is 0 Å². The molecule has 0 amide bonds. The molecule has 0 aliphatic carbocycles. The minimum absolute atomic E-state index is 0.105. The van der Waals surface area contributed by atoms with Gasteiger partial charge in [-0.15, -0.1) is 0 Å². The summed E-state index contributed by atoms with van der Waals surface area (Å²) in [5.41, 5.74) is -1.74. The Labute approximate surface area is 207 Å². The number of hydrogen-bond donors (Lipinski definition) is 0. The lowest BCUT2D eigenvalue weighted by molar-refractivity contribution is -0.383. The Hall–Kier alpha value is -3.12. The van der Waals surface area contributed by atoms with Gasteiger partial charge < -0.3 is 4.90 Å². The molecule has 1 aromatic heterocycles. The van der Waals surface area contributed by atoms with Crippen LogP contribution in [0.4, 0.5) is 28.4 Å². The van der Waals surface area contributed by atoms with Crippen LogP contribution in [0, 0.1) is 21.3 Å². The number of fused-ring (bicyclic) bond motifs is 1. The molecule has 2 fully saturated rings. The number of nitro groups is 1. The third kappa shape index (κ3) is 4.43. The topological polar surface area (TPSA) is 79.6 Å². The fourth-order valence-electron chi connectivity index (χ4n) is 5.11. The van der Waals surface area contributed by atoms with Gasteiger partial charge in [0.2, 0.25) is 0 Å². The summed E-state index contributed by atoms with van der Waals surface area (Å²) in [7, 11) is 0. The van der Waals surface area contributed by atoms with Crippen molar-refractivity contribution in [2.75, 3.05) is 31.1 Å². The number of nitrogens with zero attached hydrogens (tertiary/aromatic N) is 4. The number of hydrogen-bond acceptors (Lipinski definition) is 7. The Bertz CT molecular complexity index is 1380. The zero-order valence-electron chi connectivity index (χ0n) is 19.2. The number of piperidine rings is 1. The lowest BCUT2D eigenvalue weighted by atomic mass is 9.71. The Balaban J connectivity index is 1.32. The molecule has 2 saturated heterocycles. The molecule has 3 heterocycles. The minimum Gasteiger partial charge on any atom is -0.348 e. The van der Waals surface area contributed by atoms with Gasteiger partial charge in [0, 0.05) is 38.3 Å². The maximum absolute atomic E-state index is 13.2. The molecular formula is C24H22F4N4O3S. The molecule has 1 atom stereocenters. The van der Waals surface area contributed by atoms with E-state index in [-0.39, 0.29) is 27.1 Å². The van der Waals surface area contributed by atoms with Crippen LogP contribution in [0.5, 0.6) is 0 Å². The summed E-state index contributed by atoms with van der Waals surface area (Å²) in [5.74, 6) is -0.269. The van der Waals surface area contributed by atoms with Crippen LogP contribution in [0.1, 0.15) is 36.9 Å². The molecule has 2 aromatic carbocycles. The van der Waals surface area contributed by atoms with E-state index < -0.39 is 33.3 Å². The second-order valence-electron chi connectivity index (χ2n) is 9.55. The van der Waals surface area contributed by atoms with Crippen molar-refractivity contribution in [2.45, 2.75) is 32.0 Å². The molecule has 3 aromatic rings. The molecule has 0 bridgehead atoms. The highest BCUT2D eigenvalue weighted by Crippen LogP contribution is 2.45. The quantitative estimate of drug-likeness (QED) is 0.260. The molecule has 0 radical (unpaired) electrons. The average Bonchev–Trinajstić information content (AvgIpc) is 2.81. The van der Waals surface area contributed by atoms with Crippen molar-refractivity contribution in [1.29, 1.82) is 0 Å². The van der Waals surface area contributed by atoms with Crippen molar-refractivity contribution >= 4 is 32.2 Å². The molecule has 5 rings (SSSR count). The summed E-state index contributed by atoms with van der Waals surface area (Å²) >= 11 is 0.876. The molecule has 2 aliphatic rings. The van der Waals surface area contributed by atoms with Gasteiger partial charge in [0.05, 0.1) is 15.9 Å². The minimum atomic E-state index is -4.82. The summed E-state index contributed by atoms with van der Waals surface area (Å²) in [6.45, 7) is 5.02. The second-order valence-corrected chi connectivity index (χ2v) is 10.5. The van der Waals surface area contributed by atoms with Gasteiger partial charge in [-0.25, -0.2) is 4.39 Å². The van der Waals surface area contributed by atoms with Crippen LogP contribution in [0.2, 0.25) is 0 Å².